The average molecular weight is 320 g/mol. The molecule has 17 heavy (non-hydrogen) atoms. The summed E-state index contributed by atoms with van der Waals surface area (Å²) < 4.78 is 27.7. The molecule has 0 aromatic rings. The highest BCUT2D eigenvalue weighted by atomic mass is 35.5. The Hall–Kier alpha value is 0.220. The molecule has 0 spiro atoms. The van der Waals surface area contributed by atoms with Crippen molar-refractivity contribution in [1.82, 2.24) is 5.32 Å². The van der Waals surface area contributed by atoms with Gasteiger partial charge in [0.05, 0.1) is 23.3 Å². The maximum atomic E-state index is 11.2. The van der Waals surface area contributed by atoms with Gasteiger partial charge in [0.25, 0.3) is 5.17 Å². The number of alkyl halides is 2. The molecule has 1 heterocycles. The zero-order valence-corrected chi connectivity index (χ0v) is 12.3. The first kappa shape index (κ1) is 15.3. The molecule has 0 saturated carbocycles. The molecule has 1 aliphatic rings. The minimum Gasteiger partial charge on any atom is -0.465 e. The lowest BCUT2D eigenvalue weighted by Crippen LogP contribution is -2.34. The van der Waals surface area contributed by atoms with Crippen LogP contribution < -0.4 is 5.32 Å². The Morgan fingerprint density at radius 3 is 2.59 bits per heavy atom. The maximum absolute atomic E-state index is 11.2. The summed E-state index contributed by atoms with van der Waals surface area (Å²) >= 11 is 16.2. The molecule has 1 saturated heterocycles. The van der Waals surface area contributed by atoms with Crippen molar-refractivity contribution < 1.29 is 13.2 Å². The lowest BCUT2D eigenvalue weighted by atomic mass is 10.1. The van der Waals surface area contributed by atoms with E-state index in [-0.39, 0.29) is 40.5 Å². The molecule has 0 aliphatic carbocycles. The fourth-order valence-corrected chi connectivity index (χ4v) is 4.10. The van der Waals surface area contributed by atoms with Crippen LogP contribution in [0.4, 0.5) is 0 Å². The standard InChI is InChI=1S/C9H15Cl2NO3S2/c10-3-8(4-11)15-9(16)12-5-7-1-2-17(13,14)6-7/h7-8H,1-6H2,(H,12,16). The molecule has 1 N–H and O–H groups in total. The normalized spacial score (nSPS) is 22.6. The van der Waals surface area contributed by atoms with Crippen molar-refractivity contribution in [2.75, 3.05) is 29.8 Å². The Morgan fingerprint density at radius 1 is 1.47 bits per heavy atom. The molecule has 0 aromatic heterocycles. The van der Waals surface area contributed by atoms with E-state index in [0.29, 0.717) is 13.0 Å². The summed E-state index contributed by atoms with van der Waals surface area (Å²) in [5.74, 6) is 1.12. The first-order valence-electron chi connectivity index (χ1n) is 5.23. The Morgan fingerprint density at radius 2 is 2.12 bits per heavy atom. The fourth-order valence-electron chi connectivity index (χ4n) is 1.56. The molecular formula is C9H15Cl2NO3S2. The Bertz CT molecular complexity index is 357. The number of ether oxygens (including phenoxy) is 1. The molecule has 1 fully saturated rings. The lowest BCUT2D eigenvalue weighted by molar-refractivity contribution is 0.229. The van der Waals surface area contributed by atoms with Gasteiger partial charge in [0.1, 0.15) is 6.10 Å². The first-order valence-corrected chi connectivity index (χ1v) is 8.53. The molecular weight excluding hydrogens is 305 g/mol. The molecule has 0 radical (unpaired) electrons. The Balaban J connectivity index is 2.25. The zero-order valence-electron chi connectivity index (χ0n) is 9.19. The maximum Gasteiger partial charge on any atom is 0.256 e. The van der Waals surface area contributed by atoms with E-state index in [1.165, 1.54) is 0 Å². The van der Waals surface area contributed by atoms with Crippen molar-refractivity contribution in [1.29, 1.82) is 0 Å². The largest absolute Gasteiger partial charge is 0.465 e. The van der Waals surface area contributed by atoms with Crippen LogP contribution in [-0.2, 0) is 14.6 Å². The fraction of sp³-hybridized carbons (Fsp3) is 0.889. The minimum absolute atomic E-state index is 0.104. The summed E-state index contributed by atoms with van der Waals surface area (Å²) in [5.41, 5.74) is 0. The van der Waals surface area contributed by atoms with Gasteiger partial charge in [-0.15, -0.1) is 23.2 Å². The average Bonchev–Trinajstić information content (AvgIpc) is 2.63. The topological polar surface area (TPSA) is 55.4 Å². The smallest absolute Gasteiger partial charge is 0.256 e. The quantitative estimate of drug-likeness (QED) is 0.608. The van der Waals surface area contributed by atoms with Crippen LogP contribution in [0.15, 0.2) is 0 Å². The molecule has 4 nitrogen and oxygen atoms in total. The van der Waals surface area contributed by atoms with Gasteiger partial charge < -0.3 is 10.1 Å². The number of sulfone groups is 1. The van der Waals surface area contributed by atoms with E-state index < -0.39 is 9.84 Å². The van der Waals surface area contributed by atoms with Crippen molar-refractivity contribution in [3.63, 3.8) is 0 Å². The van der Waals surface area contributed by atoms with Crippen LogP contribution in [0, 0.1) is 5.92 Å². The lowest BCUT2D eigenvalue weighted by Gasteiger charge is -2.16. The van der Waals surface area contributed by atoms with Gasteiger partial charge in [0, 0.05) is 6.54 Å². The van der Waals surface area contributed by atoms with Gasteiger partial charge in [-0.3, -0.25) is 0 Å². The molecule has 0 amide bonds. The van der Waals surface area contributed by atoms with Crippen molar-refractivity contribution >= 4 is 50.4 Å². The van der Waals surface area contributed by atoms with Crippen LogP contribution in [-0.4, -0.2) is 49.5 Å². The third-order valence-corrected chi connectivity index (χ3v) is 5.25. The summed E-state index contributed by atoms with van der Waals surface area (Å²) in [7, 11) is -2.84. The predicted molar refractivity (Wildman–Crippen MR) is 73.7 cm³/mol. The number of halogens is 2. The van der Waals surface area contributed by atoms with Crippen LogP contribution in [0.25, 0.3) is 0 Å². The molecule has 8 heteroatoms. The van der Waals surface area contributed by atoms with Gasteiger partial charge >= 0.3 is 0 Å². The third kappa shape index (κ3) is 5.59. The van der Waals surface area contributed by atoms with E-state index in [1.807, 2.05) is 0 Å². The molecule has 1 rings (SSSR count). The number of nitrogens with one attached hydrogen (secondary N) is 1. The van der Waals surface area contributed by atoms with Gasteiger partial charge in [-0.05, 0) is 24.6 Å². The SMILES string of the molecule is O=S1(=O)CCC(CNC(=S)OC(CCl)CCl)C1. The first-order chi connectivity index (χ1) is 7.96. The number of hydrogen-bond donors (Lipinski definition) is 1. The van der Waals surface area contributed by atoms with Gasteiger partial charge in [0.2, 0.25) is 0 Å². The van der Waals surface area contributed by atoms with Crippen LogP contribution in [0.5, 0.6) is 0 Å². The van der Waals surface area contributed by atoms with E-state index in [1.54, 1.807) is 0 Å². The van der Waals surface area contributed by atoms with Crippen molar-refractivity contribution in [2.24, 2.45) is 5.92 Å². The summed E-state index contributed by atoms with van der Waals surface area (Å²) in [6.45, 7) is 0.509. The van der Waals surface area contributed by atoms with E-state index >= 15 is 0 Å². The molecule has 0 bridgehead atoms. The van der Waals surface area contributed by atoms with E-state index in [9.17, 15) is 8.42 Å². The minimum atomic E-state index is -2.84. The summed E-state index contributed by atoms with van der Waals surface area (Å²) in [4.78, 5) is 0. The van der Waals surface area contributed by atoms with Crippen LogP contribution in [0.3, 0.4) is 0 Å². The van der Waals surface area contributed by atoms with Gasteiger partial charge in [0.15, 0.2) is 9.84 Å². The van der Waals surface area contributed by atoms with Gasteiger partial charge in [-0.1, -0.05) is 0 Å². The summed E-state index contributed by atoms with van der Waals surface area (Å²) in [6.07, 6.45) is 0.359. The van der Waals surface area contributed by atoms with Gasteiger partial charge in [-0.2, -0.15) is 0 Å². The summed E-state index contributed by atoms with van der Waals surface area (Å²) in [5, 5.41) is 3.11. The van der Waals surface area contributed by atoms with Crippen molar-refractivity contribution in [3.8, 4) is 0 Å². The monoisotopic (exact) mass is 319 g/mol. The van der Waals surface area contributed by atoms with Crippen LogP contribution >= 0.6 is 35.4 Å². The highest BCUT2D eigenvalue weighted by Gasteiger charge is 2.27. The number of rotatable bonds is 5. The molecule has 0 aromatic carbocycles. The van der Waals surface area contributed by atoms with Crippen LogP contribution in [0.1, 0.15) is 6.42 Å². The zero-order chi connectivity index (χ0) is 12.9. The number of thiocarbonyl (C=S) groups is 1. The Kier molecular flexibility index (Phi) is 6.26. The molecule has 1 atom stereocenters. The van der Waals surface area contributed by atoms with Crippen molar-refractivity contribution in [2.45, 2.75) is 12.5 Å². The second-order valence-corrected chi connectivity index (χ2v) is 7.20. The highest BCUT2D eigenvalue weighted by Crippen LogP contribution is 2.17. The van der Waals surface area contributed by atoms with Crippen molar-refractivity contribution in [3.05, 3.63) is 0 Å². The summed E-state index contributed by atoms with van der Waals surface area (Å²) in [6, 6.07) is 0. The second-order valence-electron chi connectivity index (χ2n) is 3.99. The molecule has 1 unspecified atom stereocenters. The Labute approximate surface area is 117 Å². The van der Waals surface area contributed by atoms with Gasteiger partial charge in [-0.25, -0.2) is 8.42 Å². The second kappa shape index (κ2) is 6.97. The van der Waals surface area contributed by atoms with E-state index in [2.05, 4.69) is 5.32 Å². The molecule has 1 aliphatic heterocycles. The number of hydrogen-bond acceptors (Lipinski definition) is 4. The van der Waals surface area contributed by atoms with Crippen LogP contribution in [0.2, 0.25) is 0 Å². The predicted octanol–water partition coefficient (Wildman–Crippen LogP) is 1.16. The highest BCUT2D eigenvalue weighted by molar-refractivity contribution is 7.91. The van der Waals surface area contributed by atoms with E-state index in [0.717, 1.165) is 0 Å². The molecule has 100 valence electrons. The van der Waals surface area contributed by atoms with E-state index in [4.69, 9.17) is 40.2 Å². The third-order valence-electron chi connectivity index (χ3n) is 2.48.